The van der Waals surface area contributed by atoms with Crippen LogP contribution in [0.2, 0.25) is 0 Å². The first kappa shape index (κ1) is 8.97. The van der Waals surface area contributed by atoms with Crippen molar-refractivity contribution in [1.29, 1.82) is 0 Å². The van der Waals surface area contributed by atoms with Crippen LogP contribution in [-0.2, 0) is 0 Å². The van der Waals surface area contributed by atoms with Crippen LogP contribution >= 0.6 is 0 Å². The van der Waals surface area contributed by atoms with Gasteiger partial charge in [0.1, 0.15) is 5.75 Å². The lowest BCUT2D eigenvalue weighted by Gasteiger charge is -2.02. The summed E-state index contributed by atoms with van der Waals surface area (Å²) in [5.41, 5.74) is 0. The lowest BCUT2D eigenvalue weighted by molar-refractivity contribution is 0.447. The lowest BCUT2D eigenvalue weighted by Crippen LogP contribution is -1.86. The SMILES string of the molecule is [c]1c(Oc2ncc[nH]2)ccc2ccccc12. The van der Waals surface area contributed by atoms with E-state index < -0.39 is 0 Å². The molecule has 0 unspecified atom stereocenters. The zero-order valence-corrected chi connectivity index (χ0v) is 8.47. The van der Waals surface area contributed by atoms with Gasteiger partial charge in [-0.25, -0.2) is 4.98 Å². The molecule has 3 heteroatoms. The molecule has 0 saturated heterocycles. The smallest absolute Gasteiger partial charge is 0.299 e. The molecule has 0 bridgehead atoms. The standard InChI is InChI=1S/C13H9N2O/c1-2-4-11-9-12(6-5-10(11)3-1)16-13-14-7-8-15-13/h1-8H,(H,14,15). The molecule has 0 aliphatic heterocycles. The third-order valence-electron chi connectivity index (χ3n) is 2.31. The minimum absolute atomic E-state index is 0.478. The summed E-state index contributed by atoms with van der Waals surface area (Å²) >= 11 is 0. The Labute approximate surface area is 92.7 Å². The lowest BCUT2D eigenvalue weighted by atomic mass is 10.1. The molecule has 1 aromatic heterocycles. The van der Waals surface area contributed by atoms with Crippen LogP contribution in [0.25, 0.3) is 10.8 Å². The number of aromatic nitrogens is 2. The summed E-state index contributed by atoms with van der Waals surface area (Å²) in [4.78, 5) is 6.87. The van der Waals surface area contributed by atoms with Crippen LogP contribution in [0.5, 0.6) is 11.8 Å². The number of hydrogen-bond acceptors (Lipinski definition) is 2. The number of rotatable bonds is 2. The van der Waals surface area contributed by atoms with Gasteiger partial charge in [-0.15, -0.1) is 0 Å². The van der Waals surface area contributed by atoms with E-state index in [2.05, 4.69) is 16.0 Å². The van der Waals surface area contributed by atoms with Crippen LogP contribution < -0.4 is 4.74 Å². The second-order valence-corrected chi connectivity index (χ2v) is 3.41. The van der Waals surface area contributed by atoms with E-state index in [0.717, 1.165) is 10.8 Å². The summed E-state index contributed by atoms with van der Waals surface area (Å²) in [7, 11) is 0. The fraction of sp³-hybridized carbons (Fsp3) is 0. The summed E-state index contributed by atoms with van der Waals surface area (Å²) in [6.45, 7) is 0. The molecule has 3 aromatic rings. The first-order valence-electron chi connectivity index (χ1n) is 5.00. The third kappa shape index (κ3) is 1.63. The van der Waals surface area contributed by atoms with Crippen LogP contribution in [0.4, 0.5) is 0 Å². The molecule has 0 aliphatic carbocycles. The zero-order chi connectivity index (χ0) is 10.8. The second-order valence-electron chi connectivity index (χ2n) is 3.41. The molecular weight excluding hydrogens is 200 g/mol. The maximum Gasteiger partial charge on any atom is 0.299 e. The number of nitrogens with one attached hydrogen (secondary N) is 1. The van der Waals surface area contributed by atoms with Gasteiger partial charge in [0.2, 0.25) is 0 Å². The molecule has 16 heavy (non-hydrogen) atoms. The van der Waals surface area contributed by atoms with Gasteiger partial charge in [-0.1, -0.05) is 30.3 Å². The predicted molar refractivity (Wildman–Crippen MR) is 61.4 cm³/mol. The average Bonchev–Trinajstić information content (AvgIpc) is 2.82. The molecule has 1 radical (unpaired) electrons. The number of imidazole rings is 1. The van der Waals surface area contributed by atoms with Crippen molar-refractivity contribution in [3.05, 3.63) is 54.9 Å². The van der Waals surface area contributed by atoms with Crippen molar-refractivity contribution in [2.75, 3.05) is 0 Å². The summed E-state index contributed by atoms with van der Waals surface area (Å²) in [5, 5.41) is 2.18. The molecule has 0 amide bonds. The Morgan fingerprint density at radius 2 is 2.06 bits per heavy atom. The Morgan fingerprint density at radius 1 is 1.12 bits per heavy atom. The fourth-order valence-electron chi connectivity index (χ4n) is 1.57. The van der Waals surface area contributed by atoms with E-state index >= 15 is 0 Å². The minimum atomic E-state index is 0.478. The number of fused-ring (bicyclic) bond motifs is 1. The maximum atomic E-state index is 5.50. The molecule has 1 heterocycles. The van der Waals surface area contributed by atoms with Crippen LogP contribution in [0.1, 0.15) is 0 Å². The topological polar surface area (TPSA) is 37.9 Å². The summed E-state index contributed by atoms with van der Waals surface area (Å²) in [6.07, 6.45) is 3.37. The van der Waals surface area contributed by atoms with Crippen molar-refractivity contribution in [3.8, 4) is 11.8 Å². The molecule has 0 aliphatic rings. The maximum absolute atomic E-state index is 5.50. The van der Waals surface area contributed by atoms with Crippen molar-refractivity contribution in [1.82, 2.24) is 9.97 Å². The van der Waals surface area contributed by atoms with Crippen molar-refractivity contribution >= 4 is 10.8 Å². The number of benzene rings is 2. The molecular formula is C13H9N2O. The third-order valence-corrected chi connectivity index (χ3v) is 2.31. The van der Waals surface area contributed by atoms with Gasteiger partial charge in [-0.2, -0.15) is 0 Å². The van der Waals surface area contributed by atoms with Gasteiger partial charge in [-0.3, -0.25) is 0 Å². The normalized spacial score (nSPS) is 10.5. The van der Waals surface area contributed by atoms with E-state index in [1.165, 1.54) is 0 Å². The highest BCUT2D eigenvalue weighted by Gasteiger charge is 2.00. The molecule has 1 N–H and O–H groups in total. The highest BCUT2D eigenvalue weighted by molar-refractivity contribution is 5.83. The Kier molecular flexibility index (Phi) is 2.07. The van der Waals surface area contributed by atoms with Gasteiger partial charge < -0.3 is 9.72 Å². The number of aromatic amines is 1. The van der Waals surface area contributed by atoms with Crippen molar-refractivity contribution in [3.63, 3.8) is 0 Å². The Hall–Kier alpha value is -2.29. The van der Waals surface area contributed by atoms with Crippen LogP contribution in [0, 0.1) is 6.07 Å². The van der Waals surface area contributed by atoms with Gasteiger partial charge in [0.05, 0.1) is 0 Å². The van der Waals surface area contributed by atoms with Crippen LogP contribution in [-0.4, -0.2) is 9.97 Å². The molecule has 3 rings (SSSR count). The number of nitrogens with zero attached hydrogens (tertiary/aromatic N) is 1. The monoisotopic (exact) mass is 209 g/mol. The molecule has 0 saturated carbocycles. The summed E-state index contributed by atoms with van der Waals surface area (Å²) < 4.78 is 5.50. The van der Waals surface area contributed by atoms with Crippen LogP contribution in [0.15, 0.2) is 48.8 Å². The number of hydrogen-bond donors (Lipinski definition) is 1. The van der Waals surface area contributed by atoms with E-state index in [0.29, 0.717) is 11.8 Å². The van der Waals surface area contributed by atoms with E-state index in [9.17, 15) is 0 Å². The van der Waals surface area contributed by atoms with Gasteiger partial charge in [0.25, 0.3) is 6.01 Å². The van der Waals surface area contributed by atoms with E-state index in [4.69, 9.17) is 4.74 Å². The summed E-state index contributed by atoms with van der Waals surface area (Å²) in [5.74, 6) is 0.661. The predicted octanol–water partition coefficient (Wildman–Crippen LogP) is 3.16. The van der Waals surface area contributed by atoms with E-state index in [1.54, 1.807) is 12.4 Å². The molecule has 3 nitrogen and oxygen atoms in total. The zero-order valence-electron chi connectivity index (χ0n) is 8.47. The van der Waals surface area contributed by atoms with Gasteiger partial charge in [0, 0.05) is 18.5 Å². The molecule has 77 valence electrons. The molecule has 0 spiro atoms. The van der Waals surface area contributed by atoms with Gasteiger partial charge in [0.15, 0.2) is 0 Å². The molecule has 0 fully saturated rings. The number of ether oxygens (including phenoxy) is 1. The van der Waals surface area contributed by atoms with Crippen LogP contribution in [0.3, 0.4) is 0 Å². The fourth-order valence-corrected chi connectivity index (χ4v) is 1.57. The van der Waals surface area contributed by atoms with Gasteiger partial charge in [-0.05, 0) is 16.8 Å². The number of H-pyrrole nitrogens is 1. The van der Waals surface area contributed by atoms with Crippen molar-refractivity contribution < 1.29 is 4.74 Å². The Bertz CT molecular complexity index is 602. The Morgan fingerprint density at radius 3 is 2.94 bits per heavy atom. The molecule has 0 atom stereocenters. The average molecular weight is 209 g/mol. The quantitative estimate of drug-likeness (QED) is 0.704. The molecule has 2 aromatic carbocycles. The summed E-state index contributed by atoms with van der Waals surface area (Å²) in [6, 6.07) is 15.6. The minimum Gasteiger partial charge on any atom is -0.425 e. The first-order chi connectivity index (χ1) is 7.92. The van der Waals surface area contributed by atoms with E-state index in [-0.39, 0.29) is 0 Å². The van der Waals surface area contributed by atoms with E-state index in [1.807, 2.05) is 36.4 Å². The van der Waals surface area contributed by atoms with Crippen molar-refractivity contribution in [2.24, 2.45) is 0 Å². The Balaban J connectivity index is 1.99. The highest BCUT2D eigenvalue weighted by Crippen LogP contribution is 2.22. The highest BCUT2D eigenvalue weighted by atomic mass is 16.5. The largest absolute Gasteiger partial charge is 0.425 e. The first-order valence-corrected chi connectivity index (χ1v) is 5.00. The van der Waals surface area contributed by atoms with Gasteiger partial charge >= 0.3 is 0 Å². The van der Waals surface area contributed by atoms with Crippen molar-refractivity contribution in [2.45, 2.75) is 0 Å². The second kappa shape index (κ2) is 3.70.